The number of benzene rings is 1. The van der Waals surface area contributed by atoms with Crippen LogP contribution < -0.4 is 26.0 Å². The Kier molecular flexibility index (Phi) is 5.73. The van der Waals surface area contributed by atoms with E-state index in [1.807, 2.05) is 6.07 Å². The maximum absolute atomic E-state index is 12.6. The second-order valence-corrected chi connectivity index (χ2v) is 6.76. The topological polar surface area (TPSA) is 115 Å². The summed E-state index contributed by atoms with van der Waals surface area (Å²) >= 11 is 0. The van der Waals surface area contributed by atoms with Crippen LogP contribution >= 0.6 is 0 Å². The van der Waals surface area contributed by atoms with Gasteiger partial charge in [0.2, 0.25) is 5.91 Å². The Bertz CT molecular complexity index is 1110. The lowest BCUT2D eigenvalue weighted by Gasteiger charge is -2.19. The van der Waals surface area contributed by atoms with E-state index in [1.54, 1.807) is 25.1 Å². The molecule has 3 rings (SSSR count). The van der Waals surface area contributed by atoms with Crippen LogP contribution in [0.1, 0.15) is 36.2 Å². The lowest BCUT2D eigenvalue weighted by atomic mass is 10.1. The minimum atomic E-state index is -0.729. The fourth-order valence-electron chi connectivity index (χ4n) is 3.57. The van der Waals surface area contributed by atoms with Crippen molar-refractivity contribution in [2.45, 2.75) is 38.9 Å². The van der Waals surface area contributed by atoms with Crippen LogP contribution in [-0.4, -0.2) is 29.3 Å². The Hall–Kier alpha value is -3.54. The Labute approximate surface area is 167 Å². The molecule has 1 aliphatic heterocycles. The van der Waals surface area contributed by atoms with Crippen molar-refractivity contribution in [1.82, 2.24) is 14.5 Å². The van der Waals surface area contributed by atoms with Crippen molar-refractivity contribution in [3.63, 3.8) is 0 Å². The molecule has 1 aliphatic rings. The number of rotatable bonds is 6. The second kappa shape index (κ2) is 8.22. The van der Waals surface area contributed by atoms with E-state index in [9.17, 15) is 19.6 Å². The normalized spacial score (nSPS) is 13.3. The first-order chi connectivity index (χ1) is 13.9. The van der Waals surface area contributed by atoms with Gasteiger partial charge in [-0.1, -0.05) is 0 Å². The quantitative estimate of drug-likeness (QED) is 0.767. The Morgan fingerprint density at radius 2 is 2.07 bits per heavy atom. The van der Waals surface area contributed by atoms with Crippen LogP contribution in [-0.2, 0) is 24.3 Å². The average molecular weight is 398 g/mol. The van der Waals surface area contributed by atoms with Crippen molar-refractivity contribution in [2.24, 2.45) is 0 Å². The van der Waals surface area contributed by atoms with Gasteiger partial charge in [-0.05, 0) is 38.0 Å². The van der Waals surface area contributed by atoms with Crippen LogP contribution in [0.4, 0.5) is 0 Å². The molecule has 9 nitrogen and oxygen atoms in total. The fraction of sp³-hybridized carbons (Fsp3) is 0.400. The largest absolute Gasteiger partial charge is 0.497 e. The van der Waals surface area contributed by atoms with Gasteiger partial charge in [-0.15, -0.1) is 0 Å². The van der Waals surface area contributed by atoms with E-state index >= 15 is 0 Å². The summed E-state index contributed by atoms with van der Waals surface area (Å²) in [4.78, 5) is 37.8. The number of carbonyl (C=O) groups is 1. The zero-order chi connectivity index (χ0) is 21.1. The Balaban J connectivity index is 1.87. The van der Waals surface area contributed by atoms with Crippen molar-refractivity contribution in [3.8, 4) is 17.6 Å². The molecule has 1 atom stereocenters. The van der Waals surface area contributed by atoms with Gasteiger partial charge in [0.15, 0.2) is 0 Å². The van der Waals surface area contributed by atoms with Gasteiger partial charge in [-0.25, -0.2) is 9.36 Å². The molecule has 0 unspecified atom stereocenters. The van der Waals surface area contributed by atoms with Crippen LogP contribution in [0.25, 0.3) is 0 Å². The van der Waals surface area contributed by atoms with Gasteiger partial charge >= 0.3 is 5.69 Å². The maximum atomic E-state index is 12.6. The fourth-order valence-corrected chi connectivity index (χ4v) is 3.57. The molecule has 0 fully saturated rings. The summed E-state index contributed by atoms with van der Waals surface area (Å²) in [6.07, 6.45) is 1.19. The van der Waals surface area contributed by atoms with Crippen LogP contribution in [0.15, 0.2) is 27.8 Å². The lowest BCUT2D eigenvalue weighted by Crippen LogP contribution is -2.45. The lowest BCUT2D eigenvalue weighted by molar-refractivity contribution is -0.122. The zero-order valence-corrected chi connectivity index (χ0v) is 16.5. The van der Waals surface area contributed by atoms with Crippen molar-refractivity contribution < 1.29 is 14.3 Å². The first-order valence-corrected chi connectivity index (χ1v) is 9.19. The highest BCUT2D eigenvalue weighted by molar-refractivity contribution is 5.76. The van der Waals surface area contributed by atoms with Crippen LogP contribution in [0.3, 0.4) is 0 Å². The molecule has 0 aliphatic carbocycles. The van der Waals surface area contributed by atoms with E-state index in [-0.39, 0.29) is 5.56 Å². The third kappa shape index (κ3) is 3.74. The second-order valence-electron chi connectivity index (χ2n) is 6.76. The van der Waals surface area contributed by atoms with Gasteiger partial charge in [-0.2, -0.15) is 5.26 Å². The van der Waals surface area contributed by atoms with Crippen LogP contribution in [0.5, 0.6) is 11.5 Å². The average Bonchev–Trinajstić information content (AvgIpc) is 3.20. The summed E-state index contributed by atoms with van der Waals surface area (Å²) in [5, 5.41) is 12.1. The minimum absolute atomic E-state index is 0.0718. The predicted molar refractivity (Wildman–Crippen MR) is 104 cm³/mol. The summed E-state index contributed by atoms with van der Waals surface area (Å²) in [5.41, 5.74) is -0.224. The molecular weight excluding hydrogens is 376 g/mol. The number of methoxy groups -OCH3 is 2. The molecule has 1 aromatic heterocycles. The minimum Gasteiger partial charge on any atom is -0.497 e. The highest BCUT2D eigenvalue weighted by atomic mass is 16.5. The molecule has 0 saturated heterocycles. The van der Waals surface area contributed by atoms with Gasteiger partial charge < -0.3 is 14.8 Å². The number of fused-ring (bicyclic) bond motifs is 1. The maximum Gasteiger partial charge on any atom is 0.331 e. The van der Waals surface area contributed by atoms with E-state index in [1.165, 1.54) is 18.8 Å². The SMILES string of the molecule is COc1ccc(OC)c([C@H](C)NC(=O)Cn2c(=O)c(C#N)c3n(c2=O)CCC3)c1. The summed E-state index contributed by atoms with van der Waals surface area (Å²) in [6.45, 7) is 1.72. The van der Waals surface area contributed by atoms with Crippen molar-refractivity contribution >= 4 is 5.91 Å². The molecule has 0 bridgehead atoms. The van der Waals surface area contributed by atoms with Crippen LogP contribution in [0, 0.1) is 11.3 Å². The molecule has 9 heteroatoms. The zero-order valence-electron chi connectivity index (χ0n) is 16.5. The molecular formula is C20H22N4O5. The van der Waals surface area contributed by atoms with Gasteiger partial charge in [0.25, 0.3) is 5.56 Å². The first kappa shape index (κ1) is 20.2. The summed E-state index contributed by atoms with van der Waals surface area (Å²) < 4.78 is 12.8. The van der Waals surface area contributed by atoms with Gasteiger partial charge in [0.05, 0.1) is 20.3 Å². The number of nitrogens with zero attached hydrogens (tertiary/aromatic N) is 3. The molecule has 152 valence electrons. The van der Waals surface area contributed by atoms with E-state index in [0.29, 0.717) is 42.1 Å². The standard InChI is InChI=1S/C20H22N4O5/c1-12(14-9-13(28-2)6-7-17(14)29-3)22-18(25)11-24-19(26)15(10-21)16-5-4-8-23(16)20(24)27/h6-7,9,12H,4-5,8,11H2,1-3H3,(H,22,25)/t12-/m0/s1. The van der Waals surface area contributed by atoms with E-state index < -0.39 is 29.7 Å². The number of hydrogen-bond acceptors (Lipinski definition) is 6. The molecule has 1 amide bonds. The highest BCUT2D eigenvalue weighted by Crippen LogP contribution is 2.29. The van der Waals surface area contributed by atoms with Crippen molar-refractivity contribution in [2.75, 3.05) is 14.2 Å². The first-order valence-electron chi connectivity index (χ1n) is 9.19. The number of hydrogen-bond donors (Lipinski definition) is 1. The summed E-state index contributed by atoms with van der Waals surface area (Å²) in [7, 11) is 3.06. The third-order valence-corrected chi connectivity index (χ3v) is 5.02. The molecule has 0 radical (unpaired) electrons. The molecule has 0 spiro atoms. The number of aromatic nitrogens is 2. The van der Waals surface area contributed by atoms with E-state index in [0.717, 1.165) is 4.57 Å². The third-order valence-electron chi connectivity index (χ3n) is 5.02. The molecule has 1 aromatic carbocycles. The number of amides is 1. The molecule has 2 heterocycles. The van der Waals surface area contributed by atoms with Crippen LogP contribution in [0.2, 0.25) is 0 Å². The van der Waals surface area contributed by atoms with Crippen molar-refractivity contribution in [1.29, 1.82) is 5.26 Å². The Morgan fingerprint density at radius 1 is 1.31 bits per heavy atom. The predicted octanol–water partition coefficient (Wildman–Crippen LogP) is 0.722. The molecule has 29 heavy (non-hydrogen) atoms. The molecule has 0 saturated carbocycles. The number of nitrogens with one attached hydrogen (secondary N) is 1. The van der Waals surface area contributed by atoms with E-state index in [4.69, 9.17) is 9.47 Å². The van der Waals surface area contributed by atoms with Gasteiger partial charge in [0, 0.05) is 17.8 Å². The Morgan fingerprint density at radius 3 is 2.72 bits per heavy atom. The van der Waals surface area contributed by atoms with Crippen molar-refractivity contribution in [3.05, 3.63) is 55.9 Å². The molecule has 1 N–H and O–H groups in total. The smallest absolute Gasteiger partial charge is 0.331 e. The number of ether oxygens (including phenoxy) is 2. The number of nitriles is 1. The monoisotopic (exact) mass is 398 g/mol. The van der Waals surface area contributed by atoms with E-state index in [2.05, 4.69) is 5.32 Å². The summed E-state index contributed by atoms with van der Waals surface area (Å²) in [5.74, 6) is 0.651. The summed E-state index contributed by atoms with van der Waals surface area (Å²) in [6, 6.07) is 6.63. The molecule has 2 aromatic rings. The number of carbonyl (C=O) groups excluding carboxylic acids is 1. The van der Waals surface area contributed by atoms with Gasteiger partial charge in [-0.3, -0.25) is 14.2 Å². The highest BCUT2D eigenvalue weighted by Gasteiger charge is 2.24. The van der Waals surface area contributed by atoms with Gasteiger partial charge in [0.1, 0.15) is 29.7 Å².